The number of benzene rings is 1. The first kappa shape index (κ1) is 13.6. The van der Waals surface area contributed by atoms with Crippen molar-refractivity contribution in [3.05, 3.63) is 65.5 Å². The maximum absolute atomic E-state index is 13.3. The smallest absolute Gasteiger partial charge is 0.213 e. The number of hydrogen-bond donors (Lipinski definition) is 1. The average Bonchev–Trinajstić information content (AvgIpc) is 2.38. The van der Waals surface area contributed by atoms with Crippen molar-refractivity contribution < 1.29 is 8.78 Å². The molecule has 2 nitrogen and oxygen atoms in total. The summed E-state index contributed by atoms with van der Waals surface area (Å²) in [6, 6.07) is 8.99. The van der Waals surface area contributed by atoms with E-state index < -0.39 is 11.5 Å². The molecule has 0 aliphatic heterocycles. The molecule has 1 aromatic heterocycles. The Hall–Kier alpha value is -1.81. The summed E-state index contributed by atoms with van der Waals surface area (Å²) in [6.45, 7) is 3.89. The number of hydrogen-bond acceptors (Lipinski definition) is 2. The van der Waals surface area contributed by atoms with Crippen LogP contribution >= 0.6 is 0 Å². The summed E-state index contributed by atoms with van der Waals surface area (Å²) in [4.78, 5) is 3.54. The summed E-state index contributed by atoms with van der Waals surface area (Å²) >= 11 is 0. The molecule has 4 heteroatoms. The molecule has 0 radical (unpaired) electrons. The van der Waals surface area contributed by atoms with Gasteiger partial charge in [0.15, 0.2) is 0 Å². The van der Waals surface area contributed by atoms with Gasteiger partial charge in [-0.25, -0.2) is 9.37 Å². The lowest BCUT2D eigenvalue weighted by Gasteiger charge is -2.34. The maximum Gasteiger partial charge on any atom is 0.213 e. The zero-order chi connectivity index (χ0) is 14.0. The molecule has 2 aromatic rings. The Balaban J connectivity index is 2.58. The van der Waals surface area contributed by atoms with Gasteiger partial charge >= 0.3 is 0 Å². The van der Waals surface area contributed by atoms with E-state index in [4.69, 9.17) is 5.73 Å². The number of nitrogens with zero attached hydrogens (tertiary/aromatic N) is 1. The Kier molecular flexibility index (Phi) is 3.62. The van der Waals surface area contributed by atoms with E-state index in [0.29, 0.717) is 5.56 Å². The molecule has 1 heterocycles. The van der Waals surface area contributed by atoms with Crippen LogP contribution < -0.4 is 5.73 Å². The summed E-state index contributed by atoms with van der Waals surface area (Å²) in [5, 5.41) is 0. The van der Waals surface area contributed by atoms with Crippen molar-refractivity contribution in [2.75, 3.05) is 0 Å². The van der Waals surface area contributed by atoms with Crippen LogP contribution in [0.5, 0.6) is 0 Å². The number of nitrogens with two attached hydrogens (primary N) is 1. The van der Waals surface area contributed by atoms with E-state index in [1.165, 1.54) is 24.4 Å². The van der Waals surface area contributed by atoms with E-state index in [0.717, 1.165) is 5.56 Å². The molecule has 0 fully saturated rings. The first-order chi connectivity index (χ1) is 8.94. The molecule has 0 aliphatic rings. The zero-order valence-corrected chi connectivity index (χ0v) is 10.9. The molecule has 0 aliphatic carbocycles. The first-order valence-corrected chi connectivity index (χ1v) is 6.11. The molecule has 1 aromatic carbocycles. The second-order valence-electron chi connectivity index (χ2n) is 4.90. The third kappa shape index (κ3) is 2.49. The average molecular weight is 262 g/mol. The molecule has 1 atom stereocenters. The van der Waals surface area contributed by atoms with Crippen molar-refractivity contribution >= 4 is 0 Å². The third-order valence-electron chi connectivity index (χ3n) is 3.44. The van der Waals surface area contributed by atoms with Gasteiger partial charge in [0.2, 0.25) is 5.95 Å². The van der Waals surface area contributed by atoms with Crippen molar-refractivity contribution in [1.82, 2.24) is 4.98 Å². The number of rotatable bonds is 3. The monoisotopic (exact) mass is 262 g/mol. The van der Waals surface area contributed by atoms with Gasteiger partial charge in [-0.2, -0.15) is 4.39 Å². The number of aromatic nitrogens is 1. The highest BCUT2D eigenvalue weighted by Gasteiger charge is 2.33. The van der Waals surface area contributed by atoms with Crippen molar-refractivity contribution in [1.29, 1.82) is 0 Å². The fraction of sp³-hybridized carbons (Fsp3) is 0.267. The summed E-state index contributed by atoms with van der Waals surface area (Å²) < 4.78 is 26.3. The standard InChI is InChI=1S/C15H16F2N2/c1-10(2)15(18,11-3-5-13(16)6-4-11)12-7-8-19-14(17)9-12/h3-10H,18H2,1-2H3/t15-/m0/s1. The highest BCUT2D eigenvalue weighted by molar-refractivity contribution is 5.38. The molecule has 0 spiro atoms. The van der Waals surface area contributed by atoms with Gasteiger partial charge in [0, 0.05) is 6.20 Å². The largest absolute Gasteiger partial charge is 0.317 e. The predicted octanol–water partition coefficient (Wildman–Crippen LogP) is 3.22. The van der Waals surface area contributed by atoms with Gasteiger partial charge in [-0.05, 0) is 41.3 Å². The minimum atomic E-state index is -0.878. The predicted molar refractivity (Wildman–Crippen MR) is 70.4 cm³/mol. The van der Waals surface area contributed by atoms with Crippen molar-refractivity contribution in [3.63, 3.8) is 0 Å². The van der Waals surface area contributed by atoms with Crippen LogP contribution in [0.15, 0.2) is 42.6 Å². The van der Waals surface area contributed by atoms with Crippen LogP contribution in [0.2, 0.25) is 0 Å². The molecule has 0 bridgehead atoms. The molecule has 2 N–H and O–H groups in total. The molecule has 0 amide bonds. The lowest BCUT2D eigenvalue weighted by atomic mass is 9.76. The zero-order valence-electron chi connectivity index (χ0n) is 10.9. The Labute approximate surface area is 111 Å². The second kappa shape index (κ2) is 5.05. The van der Waals surface area contributed by atoms with Crippen LogP contribution in [-0.4, -0.2) is 4.98 Å². The van der Waals surface area contributed by atoms with Crippen LogP contribution in [0.1, 0.15) is 25.0 Å². The molecule has 0 unspecified atom stereocenters. The van der Waals surface area contributed by atoms with Gasteiger partial charge < -0.3 is 5.73 Å². The SMILES string of the molecule is CC(C)[C@](N)(c1ccc(F)cc1)c1ccnc(F)c1. The van der Waals surface area contributed by atoms with E-state index >= 15 is 0 Å². The van der Waals surface area contributed by atoms with E-state index in [1.807, 2.05) is 13.8 Å². The quantitative estimate of drug-likeness (QED) is 0.863. The van der Waals surface area contributed by atoms with E-state index in [-0.39, 0.29) is 11.7 Å². The molecule has 2 rings (SSSR count). The van der Waals surface area contributed by atoms with E-state index in [2.05, 4.69) is 4.98 Å². The summed E-state index contributed by atoms with van der Waals surface area (Å²) in [5.41, 5.74) is 6.98. The van der Waals surface area contributed by atoms with Crippen LogP contribution in [0.4, 0.5) is 8.78 Å². The number of halogens is 2. The molecule has 19 heavy (non-hydrogen) atoms. The van der Waals surface area contributed by atoms with Gasteiger partial charge in [-0.3, -0.25) is 0 Å². The molecule has 100 valence electrons. The van der Waals surface area contributed by atoms with E-state index in [9.17, 15) is 8.78 Å². The molecular weight excluding hydrogens is 246 g/mol. The maximum atomic E-state index is 13.3. The highest BCUT2D eigenvalue weighted by atomic mass is 19.1. The Morgan fingerprint density at radius 3 is 2.21 bits per heavy atom. The van der Waals surface area contributed by atoms with Crippen molar-refractivity contribution in [2.24, 2.45) is 11.7 Å². The molecule has 0 saturated carbocycles. The van der Waals surface area contributed by atoms with Gasteiger partial charge in [0.25, 0.3) is 0 Å². The Bertz CT molecular complexity index is 567. The molecular formula is C15H16F2N2. The first-order valence-electron chi connectivity index (χ1n) is 6.11. The lowest BCUT2D eigenvalue weighted by molar-refractivity contribution is 0.380. The van der Waals surface area contributed by atoms with Crippen LogP contribution in [0.3, 0.4) is 0 Å². The fourth-order valence-electron chi connectivity index (χ4n) is 2.22. The minimum Gasteiger partial charge on any atom is -0.317 e. The Morgan fingerprint density at radius 1 is 1.05 bits per heavy atom. The normalized spacial score (nSPS) is 14.4. The Morgan fingerprint density at radius 2 is 1.68 bits per heavy atom. The van der Waals surface area contributed by atoms with Crippen molar-refractivity contribution in [3.8, 4) is 0 Å². The van der Waals surface area contributed by atoms with E-state index in [1.54, 1.807) is 18.2 Å². The van der Waals surface area contributed by atoms with Crippen LogP contribution in [0, 0.1) is 17.7 Å². The van der Waals surface area contributed by atoms with Gasteiger partial charge in [-0.15, -0.1) is 0 Å². The van der Waals surface area contributed by atoms with Gasteiger partial charge in [-0.1, -0.05) is 26.0 Å². The third-order valence-corrected chi connectivity index (χ3v) is 3.44. The number of pyridine rings is 1. The second-order valence-corrected chi connectivity index (χ2v) is 4.90. The summed E-state index contributed by atoms with van der Waals surface area (Å²) in [6.07, 6.45) is 1.39. The van der Waals surface area contributed by atoms with Crippen LogP contribution in [-0.2, 0) is 5.54 Å². The van der Waals surface area contributed by atoms with Gasteiger partial charge in [0.1, 0.15) is 5.82 Å². The van der Waals surface area contributed by atoms with Crippen molar-refractivity contribution in [2.45, 2.75) is 19.4 Å². The highest BCUT2D eigenvalue weighted by Crippen LogP contribution is 2.34. The molecule has 0 saturated heterocycles. The topological polar surface area (TPSA) is 38.9 Å². The van der Waals surface area contributed by atoms with Crippen LogP contribution in [0.25, 0.3) is 0 Å². The lowest BCUT2D eigenvalue weighted by Crippen LogP contribution is -2.43. The summed E-state index contributed by atoms with van der Waals surface area (Å²) in [5.74, 6) is -0.884. The summed E-state index contributed by atoms with van der Waals surface area (Å²) in [7, 11) is 0. The minimum absolute atomic E-state index is 0.0137. The van der Waals surface area contributed by atoms with Gasteiger partial charge in [0.05, 0.1) is 5.54 Å². The fourth-order valence-corrected chi connectivity index (χ4v) is 2.22.